The lowest BCUT2D eigenvalue weighted by Crippen LogP contribution is -2.43. The number of nitrogens with two attached hydrogens (primary N) is 1. The second kappa shape index (κ2) is 6.02. The van der Waals surface area contributed by atoms with Crippen LogP contribution in [0.25, 0.3) is 0 Å². The van der Waals surface area contributed by atoms with Gasteiger partial charge in [0.15, 0.2) is 0 Å². The maximum Gasteiger partial charge on any atom is 0.0196 e. The quantitative estimate of drug-likeness (QED) is 0.751. The largest absolute Gasteiger partial charge is 0.326 e. The van der Waals surface area contributed by atoms with E-state index in [2.05, 4.69) is 11.8 Å². The molecule has 0 spiro atoms. The molecule has 0 amide bonds. The van der Waals surface area contributed by atoms with E-state index in [4.69, 9.17) is 5.73 Å². The first-order valence-electron chi connectivity index (χ1n) is 7.27. The summed E-state index contributed by atoms with van der Waals surface area (Å²) in [6, 6.07) is 0.430. The minimum absolute atomic E-state index is 0.430. The second-order valence-corrected chi connectivity index (χ2v) is 5.86. The predicted octanol–water partition coefficient (Wildman–Crippen LogP) is 2.63. The van der Waals surface area contributed by atoms with E-state index in [9.17, 15) is 0 Å². The van der Waals surface area contributed by atoms with E-state index in [0.717, 1.165) is 18.4 Å². The third-order valence-electron chi connectivity index (χ3n) is 4.38. The summed E-state index contributed by atoms with van der Waals surface area (Å²) in [7, 11) is 0. The summed E-state index contributed by atoms with van der Waals surface area (Å²) in [5, 5.41) is 0. The molecule has 0 bridgehead atoms. The van der Waals surface area contributed by atoms with Crippen molar-refractivity contribution in [3.05, 3.63) is 0 Å². The van der Waals surface area contributed by atoms with E-state index in [1.807, 2.05) is 0 Å². The van der Waals surface area contributed by atoms with Gasteiger partial charge in [-0.25, -0.2) is 0 Å². The fraction of sp³-hybridized carbons (Fsp3) is 1.00. The minimum atomic E-state index is 0.430. The summed E-state index contributed by atoms with van der Waals surface area (Å²) in [4.78, 5) is 2.58. The number of hydrogen-bond donors (Lipinski definition) is 1. The van der Waals surface area contributed by atoms with E-state index in [0.29, 0.717) is 6.04 Å². The van der Waals surface area contributed by atoms with Crippen LogP contribution in [-0.2, 0) is 0 Å². The smallest absolute Gasteiger partial charge is 0.0196 e. The molecule has 1 unspecified atom stereocenters. The zero-order valence-corrected chi connectivity index (χ0v) is 10.8. The lowest BCUT2D eigenvalue weighted by Gasteiger charge is -2.31. The van der Waals surface area contributed by atoms with Crippen molar-refractivity contribution >= 4 is 0 Å². The Labute approximate surface area is 101 Å². The Morgan fingerprint density at radius 3 is 2.38 bits per heavy atom. The van der Waals surface area contributed by atoms with E-state index < -0.39 is 0 Å². The molecule has 2 nitrogen and oxygen atoms in total. The van der Waals surface area contributed by atoms with Gasteiger partial charge in [-0.3, -0.25) is 0 Å². The minimum Gasteiger partial charge on any atom is -0.326 e. The Hall–Kier alpha value is -0.0800. The highest BCUT2D eigenvalue weighted by atomic mass is 15.1. The SMILES string of the molecule is CCN(CC1CC1)CC(N)C1CCCCC1. The van der Waals surface area contributed by atoms with Gasteiger partial charge in [0.2, 0.25) is 0 Å². The molecule has 2 saturated carbocycles. The van der Waals surface area contributed by atoms with Crippen molar-refractivity contribution in [2.45, 2.75) is 57.9 Å². The first-order valence-corrected chi connectivity index (χ1v) is 7.27. The Morgan fingerprint density at radius 1 is 1.12 bits per heavy atom. The molecule has 2 fully saturated rings. The lowest BCUT2D eigenvalue weighted by atomic mass is 9.84. The third kappa shape index (κ3) is 3.74. The molecule has 0 saturated heterocycles. The molecule has 2 N–H and O–H groups in total. The van der Waals surface area contributed by atoms with E-state index in [1.165, 1.54) is 58.0 Å². The summed E-state index contributed by atoms with van der Waals surface area (Å²) < 4.78 is 0. The molecule has 2 aliphatic carbocycles. The van der Waals surface area contributed by atoms with Gasteiger partial charge in [-0.2, -0.15) is 0 Å². The van der Waals surface area contributed by atoms with Gasteiger partial charge in [-0.15, -0.1) is 0 Å². The van der Waals surface area contributed by atoms with Crippen LogP contribution in [0.3, 0.4) is 0 Å². The lowest BCUT2D eigenvalue weighted by molar-refractivity contribution is 0.207. The molecule has 2 heteroatoms. The van der Waals surface area contributed by atoms with Gasteiger partial charge in [0, 0.05) is 19.1 Å². The summed E-state index contributed by atoms with van der Waals surface area (Å²) in [5.41, 5.74) is 6.38. The summed E-state index contributed by atoms with van der Waals surface area (Å²) >= 11 is 0. The molecule has 0 aromatic heterocycles. The van der Waals surface area contributed by atoms with Crippen LogP contribution in [0.2, 0.25) is 0 Å². The molecule has 2 aliphatic rings. The highest BCUT2D eigenvalue weighted by molar-refractivity contribution is 4.82. The Morgan fingerprint density at radius 2 is 1.81 bits per heavy atom. The number of rotatable bonds is 6. The van der Waals surface area contributed by atoms with Gasteiger partial charge < -0.3 is 10.6 Å². The average Bonchev–Trinajstić information content (AvgIpc) is 3.13. The van der Waals surface area contributed by atoms with E-state index >= 15 is 0 Å². The van der Waals surface area contributed by atoms with Crippen molar-refractivity contribution < 1.29 is 0 Å². The van der Waals surface area contributed by atoms with Crippen molar-refractivity contribution in [1.82, 2.24) is 4.90 Å². The van der Waals surface area contributed by atoms with Crippen molar-refractivity contribution in [2.75, 3.05) is 19.6 Å². The van der Waals surface area contributed by atoms with Crippen molar-refractivity contribution in [1.29, 1.82) is 0 Å². The fourth-order valence-electron chi connectivity index (χ4n) is 3.01. The van der Waals surface area contributed by atoms with Crippen LogP contribution in [0.15, 0.2) is 0 Å². The monoisotopic (exact) mass is 224 g/mol. The predicted molar refractivity (Wildman–Crippen MR) is 69.4 cm³/mol. The Balaban J connectivity index is 1.71. The number of hydrogen-bond acceptors (Lipinski definition) is 2. The molecule has 0 radical (unpaired) electrons. The molecular formula is C14H28N2. The molecule has 2 rings (SSSR count). The van der Waals surface area contributed by atoms with Gasteiger partial charge in [0.1, 0.15) is 0 Å². The van der Waals surface area contributed by atoms with Crippen molar-refractivity contribution in [2.24, 2.45) is 17.6 Å². The molecule has 0 aliphatic heterocycles. The molecule has 94 valence electrons. The molecule has 1 atom stereocenters. The zero-order valence-electron chi connectivity index (χ0n) is 10.8. The highest BCUT2D eigenvalue weighted by Crippen LogP contribution is 2.30. The molecule has 16 heavy (non-hydrogen) atoms. The number of likely N-dealkylation sites (N-methyl/N-ethyl adjacent to an activating group) is 1. The first-order chi connectivity index (χ1) is 7.79. The third-order valence-corrected chi connectivity index (χ3v) is 4.38. The van der Waals surface area contributed by atoms with Crippen LogP contribution in [0.4, 0.5) is 0 Å². The van der Waals surface area contributed by atoms with Gasteiger partial charge >= 0.3 is 0 Å². The molecule has 0 heterocycles. The Bertz CT molecular complexity index is 195. The number of nitrogens with zero attached hydrogens (tertiary/aromatic N) is 1. The molecule has 0 aromatic rings. The normalized spacial score (nSPS) is 24.9. The summed E-state index contributed by atoms with van der Waals surface area (Å²) in [5.74, 6) is 1.81. The zero-order chi connectivity index (χ0) is 11.4. The standard InChI is InChI=1S/C14H28N2/c1-2-16(10-12-8-9-12)11-14(15)13-6-4-3-5-7-13/h12-14H,2-11,15H2,1H3. The fourth-order valence-corrected chi connectivity index (χ4v) is 3.01. The summed E-state index contributed by atoms with van der Waals surface area (Å²) in [6.07, 6.45) is 9.91. The Kier molecular flexibility index (Phi) is 4.66. The maximum absolute atomic E-state index is 6.38. The first kappa shape index (κ1) is 12.4. The second-order valence-electron chi connectivity index (χ2n) is 5.86. The van der Waals surface area contributed by atoms with Gasteiger partial charge in [0.05, 0.1) is 0 Å². The van der Waals surface area contributed by atoms with Crippen molar-refractivity contribution in [3.8, 4) is 0 Å². The van der Waals surface area contributed by atoms with E-state index in [-0.39, 0.29) is 0 Å². The van der Waals surface area contributed by atoms with Crippen molar-refractivity contribution in [3.63, 3.8) is 0 Å². The van der Waals surface area contributed by atoms with Crippen LogP contribution in [0.1, 0.15) is 51.9 Å². The summed E-state index contributed by atoms with van der Waals surface area (Å²) in [6.45, 7) is 5.89. The molecular weight excluding hydrogens is 196 g/mol. The molecule has 0 aromatic carbocycles. The van der Waals surface area contributed by atoms with Gasteiger partial charge in [0.25, 0.3) is 0 Å². The van der Waals surface area contributed by atoms with Crippen LogP contribution < -0.4 is 5.73 Å². The van der Waals surface area contributed by atoms with Crippen LogP contribution in [0.5, 0.6) is 0 Å². The van der Waals surface area contributed by atoms with Crippen LogP contribution >= 0.6 is 0 Å². The topological polar surface area (TPSA) is 29.3 Å². The van der Waals surface area contributed by atoms with Gasteiger partial charge in [-0.05, 0) is 44.1 Å². The highest BCUT2D eigenvalue weighted by Gasteiger charge is 2.26. The average molecular weight is 224 g/mol. The maximum atomic E-state index is 6.38. The van der Waals surface area contributed by atoms with Gasteiger partial charge in [-0.1, -0.05) is 26.2 Å². The van der Waals surface area contributed by atoms with E-state index in [1.54, 1.807) is 0 Å². The van der Waals surface area contributed by atoms with Crippen LogP contribution in [-0.4, -0.2) is 30.6 Å². The van der Waals surface area contributed by atoms with Crippen LogP contribution in [0, 0.1) is 11.8 Å².